The number of hydrogen-bond acceptors (Lipinski definition) is 0. The van der Waals surface area contributed by atoms with Gasteiger partial charge in [-0.2, -0.15) is 0 Å². The average Bonchev–Trinajstić information content (AvgIpc) is 2.54. The van der Waals surface area contributed by atoms with Gasteiger partial charge in [0.1, 0.15) is 0 Å². The van der Waals surface area contributed by atoms with Crippen LogP contribution < -0.4 is 0 Å². The van der Waals surface area contributed by atoms with E-state index in [1.807, 2.05) is 0 Å². The Hall–Kier alpha value is -2.86. The SMILES string of the molecule is C1=Cc2cc(Cc3ccccc3Cc3ccc4c(c3)C=C4)ccc21. The summed E-state index contributed by atoms with van der Waals surface area (Å²) in [6.07, 6.45) is 10.7. The predicted octanol–water partition coefficient (Wildman–Crippen LogP) is 5.84. The molecule has 0 N–H and O–H groups in total. The first-order valence-corrected chi connectivity index (χ1v) is 8.54. The highest BCUT2D eigenvalue weighted by Crippen LogP contribution is 2.28. The molecular formula is C24H18. The zero-order chi connectivity index (χ0) is 15.9. The molecule has 0 aliphatic heterocycles. The van der Waals surface area contributed by atoms with E-state index in [1.54, 1.807) is 0 Å². The summed E-state index contributed by atoms with van der Waals surface area (Å²) in [5.74, 6) is 0. The second-order valence-electron chi connectivity index (χ2n) is 6.72. The highest BCUT2D eigenvalue weighted by atomic mass is 14.1. The van der Waals surface area contributed by atoms with Crippen LogP contribution in [0, 0.1) is 0 Å². The topological polar surface area (TPSA) is 0 Å². The van der Waals surface area contributed by atoms with E-state index in [9.17, 15) is 0 Å². The molecule has 0 radical (unpaired) electrons. The lowest BCUT2D eigenvalue weighted by atomic mass is 9.89. The van der Waals surface area contributed by atoms with Crippen LogP contribution in [0.1, 0.15) is 44.5 Å². The molecule has 3 aromatic carbocycles. The van der Waals surface area contributed by atoms with Gasteiger partial charge in [0.15, 0.2) is 0 Å². The molecule has 0 spiro atoms. The molecule has 5 rings (SSSR count). The number of fused-ring (bicyclic) bond motifs is 2. The number of benzene rings is 3. The summed E-state index contributed by atoms with van der Waals surface area (Å²) >= 11 is 0. The summed E-state index contributed by atoms with van der Waals surface area (Å²) in [5.41, 5.74) is 11.1. The Morgan fingerprint density at radius 1 is 0.458 bits per heavy atom. The lowest BCUT2D eigenvalue weighted by molar-refractivity contribution is 1.09. The van der Waals surface area contributed by atoms with E-state index in [1.165, 1.54) is 44.5 Å². The molecule has 0 unspecified atom stereocenters. The Morgan fingerprint density at radius 2 is 0.917 bits per heavy atom. The fraction of sp³-hybridized carbons (Fsp3) is 0.0833. The summed E-state index contributed by atoms with van der Waals surface area (Å²) in [6.45, 7) is 0. The standard InChI is InChI=1S/C24H18/c1-2-4-22(14-18-6-8-20-10-12-24(20)16-18)21(3-1)13-17-5-7-19-9-11-23(19)15-17/h1-12,15-16H,13-14H2. The molecule has 0 heterocycles. The van der Waals surface area contributed by atoms with Gasteiger partial charge in [0.2, 0.25) is 0 Å². The molecule has 0 aromatic heterocycles. The summed E-state index contributed by atoms with van der Waals surface area (Å²) in [5, 5.41) is 0. The van der Waals surface area contributed by atoms with Crippen LogP contribution in [0.4, 0.5) is 0 Å². The van der Waals surface area contributed by atoms with E-state index in [0.717, 1.165) is 12.8 Å². The minimum absolute atomic E-state index is 1.00. The van der Waals surface area contributed by atoms with Crippen molar-refractivity contribution in [2.75, 3.05) is 0 Å². The van der Waals surface area contributed by atoms with Gasteiger partial charge in [-0.15, -0.1) is 0 Å². The molecule has 24 heavy (non-hydrogen) atoms. The fourth-order valence-corrected chi connectivity index (χ4v) is 3.57. The van der Waals surface area contributed by atoms with Gasteiger partial charge < -0.3 is 0 Å². The summed E-state index contributed by atoms with van der Waals surface area (Å²) in [7, 11) is 0. The molecule has 3 aromatic rings. The van der Waals surface area contributed by atoms with Crippen molar-refractivity contribution in [2.45, 2.75) is 12.8 Å². The minimum atomic E-state index is 1.00. The molecule has 0 amide bonds. The second kappa shape index (κ2) is 5.35. The van der Waals surface area contributed by atoms with Crippen molar-refractivity contribution >= 4 is 24.3 Å². The third-order valence-electron chi connectivity index (χ3n) is 5.09. The molecule has 2 aliphatic carbocycles. The molecule has 0 nitrogen and oxygen atoms in total. The third-order valence-corrected chi connectivity index (χ3v) is 5.09. The fourth-order valence-electron chi connectivity index (χ4n) is 3.57. The summed E-state index contributed by atoms with van der Waals surface area (Å²) < 4.78 is 0. The maximum Gasteiger partial charge on any atom is -0.00227 e. The predicted molar refractivity (Wildman–Crippen MR) is 103 cm³/mol. The Morgan fingerprint density at radius 3 is 1.29 bits per heavy atom. The van der Waals surface area contributed by atoms with E-state index in [4.69, 9.17) is 0 Å². The van der Waals surface area contributed by atoms with Crippen LogP contribution in [0.3, 0.4) is 0 Å². The largest absolute Gasteiger partial charge is 0.0620 e. The van der Waals surface area contributed by atoms with Crippen LogP contribution in [-0.4, -0.2) is 0 Å². The van der Waals surface area contributed by atoms with Crippen LogP contribution in [0.25, 0.3) is 24.3 Å². The van der Waals surface area contributed by atoms with Gasteiger partial charge in [0, 0.05) is 0 Å². The highest BCUT2D eigenvalue weighted by Gasteiger charge is 2.10. The van der Waals surface area contributed by atoms with Gasteiger partial charge in [0.05, 0.1) is 0 Å². The first-order valence-electron chi connectivity index (χ1n) is 8.54. The van der Waals surface area contributed by atoms with E-state index < -0.39 is 0 Å². The van der Waals surface area contributed by atoms with Crippen molar-refractivity contribution < 1.29 is 0 Å². The smallest absolute Gasteiger partial charge is 0.00227 e. The van der Waals surface area contributed by atoms with Gasteiger partial charge in [-0.1, -0.05) is 85.0 Å². The molecule has 0 bridgehead atoms. The maximum atomic E-state index is 2.32. The molecule has 0 atom stereocenters. The minimum Gasteiger partial charge on any atom is -0.0620 e. The van der Waals surface area contributed by atoms with Gasteiger partial charge in [0.25, 0.3) is 0 Å². The molecule has 0 saturated carbocycles. The lowest BCUT2D eigenvalue weighted by Crippen LogP contribution is -2.00. The van der Waals surface area contributed by atoms with E-state index in [2.05, 4.69) is 85.0 Å². The van der Waals surface area contributed by atoms with Crippen molar-refractivity contribution in [1.82, 2.24) is 0 Å². The van der Waals surface area contributed by atoms with Gasteiger partial charge in [-0.3, -0.25) is 0 Å². The zero-order valence-corrected chi connectivity index (χ0v) is 13.5. The monoisotopic (exact) mass is 306 g/mol. The van der Waals surface area contributed by atoms with Crippen LogP contribution in [0.2, 0.25) is 0 Å². The lowest BCUT2D eigenvalue weighted by Gasteiger charge is -2.15. The Labute approximate surface area is 142 Å². The van der Waals surface area contributed by atoms with E-state index >= 15 is 0 Å². The quantitative estimate of drug-likeness (QED) is 0.391. The average molecular weight is 306 g/mol. The maximum absolute atomic E-state index is 2.32. The Bertz CT molecular complexity index is 920. The van der Waals surface area contributed by atoms with Gasteiger partial charge in [-0.05, 0) is 57.3 Å². The van der Waals surface area contributed by atoms with Crippen molar-refractivity contribution in [3.8, 4) is 0 Å². The molecule has 0 heteroatoms. The molecular weight excluding hydrogens is 288 g/mol. The van der Waals surface area contributed by atoms with E-state index in [0.29, 0.717) is 0 Å². The van der Waals surface area contributed by atoms with Crippen molar-refractivity contribution in [3.05, 3.63) is 105 Å². The molecule has 2 aliphatic rings. The van der Waals surface area contributed by atoms with Crippen LogP contribution in [-0.2, 0) is 12.8 Å². The Balaban J connectivity index is 1.42. The van der Waals surface area contributed by atoms with Gasteiger partial charge >= 0.3 is 0 Å². The third kappa shape index (κ3) is 2.32. The molecule has 0 saturated heterocycles. The highest BCUT2D eigenvalue weighted by molar-refractivity contribution is 5.86. The van der Waals surface area contributed by atoms with Crippen molar-refractivity contribution in [2.24, 2.45) is 0 Å². The second-order valence-corrected chi connectivity index (χ2v) is 6.72. The van der Waals surface area contributed by atoms with Gasteiger partial charge in [-0.25, -0.2) is 0 Å². The van der Waals surface area contributed by atoms with Crippen molar-refractivity contribution in [3.63, 3.8) is 0 Å². The van der Waals surface area contributed by atoms with E-state index in [-0.39, 0.29) is 0 Å². The first-order chi connectivity index (χ1) is 11.8. The normalized spacial score (nSPS) is 13.0. The van der Waals surface area contributed by atoms with Crippen LogP contribution in [0.15, 0.2) is 60.7 Å². The number of rotatable bonds is 4. The zero-order valence-electron chi connectivity index (χ0n) is 13.5. The van der Waals surface area contributed by atoms with Crippen molar-refractivity contribution in [1.29, 1.82) is 0 Å². The Kier molecular flexibility index (Phi) is 3.02. The van der Waals surface area contributed by atoms with Crippen LogP contribution in [0.5, 0.6) is 0 Å². The number of hydrogen-bond donors (Lipinski definition) is 0. The first kappa shape index (κ1) is 13.6. The molecule has 0 fully saturated rings. The summed E-state index contributed by atoms with van der Waals surface area (Å²) in [4.78, 5) is 0. The molecule has 114 valence electrons. The summed E-state index contributed by atoms with van der Waals surface area (Å²) in [6, 6.07) is 22.5. The van der Waals surface area contributed by atoms with Crippen LogP contribution >= 0.6 is 0 Å².